The highest BCUT2D eigenvalue weighted by Crippen LogP contribution is 2.33. The van der Waals surface area contributed by atoms with Crippen molar-refractivity contribution in [3.63, 3.8) is 0 Å². The van der Waals surface area contributed by atoms with Gasteiger partial charge in [0.05, 0.1) is 29.5 Å². The third-order valence-electron chi connectivity index (χ3n) is 4.71. The SMILES string of the molecule is O=S(=O)(Nc1ccccc1N1CCOCC1)c1ccc(S(=O)(=O)c2ccc(F)cc2)s1. The smallest absolute Gasteiger partial charge is 0.271 e. The van der Waals surface area contributed by atoms with Crippen molar-refractivity contribution in [2.75, 3.05) is 35.9 Å². The van der Waals surface area contributed by atoms with Gasteiger partial charge in [0.25, 0.3) is 10.0 Å². The van der Waals surface area contributed by atoms with Crippen LogP contribution in [0.4, 0.5) is 15.8 Å². The van der Waals surface area contributed by atoms with Gasteiger partial charge in [-0.3, -0.25) is 4.72 Å². The summed E-state index contributed by atoms with van der Waals surface area (Å²) in [6.07, 6.45) is 0. The molecule has 0 amide bonds. The Morgan fingerprint density at radius 2 is 1.52 bits per heavy atom. The fourth-order valence-corrected chi connectivity index (χ4v) is 7.40. The van der Waals surface area contributed by atoms with Crippen LogP contribution in [0.25, 0.3) is 0 Å². The molecule has 0 spiro atoms. The van der Waals surface area contributed by atoms with E-state index < -0.39 is 25.7 Å². The number of nitrogens with one attached hydrogen (secondary N) is 1. The summed E-state index contributed by atoms with van der Waals surface area (Å²) in [4.78, 5) is 1.92. The lowest BCUT2D eigenvalue weighted by Gasteiger charge is -2.30. The first-order valence-corrected chi connectivity index (χ1v) is 13.1. The molecular weight excluding hydrogens is 463 g/mol. The van der Waals surface area contributed by atoms with Crippen LogP contribution in [0.2, 0.25) is 0 Å². The van der Waals surface area contributed by atoms with Crippen molar-refractivity contribution in [2.24, 2.45) is 0 Å². The van der Waals surface area contributed by atoms with Crippen LogP contribution in [0.1, 0.15) is 0 Å². The molecule has 0 unspecified atom stereocenters. The molecule has 0 atom stereocenters. The van der Waals surface area contributed by atoms with Gasteiger partial charge in [-0.2, -0.15) is 0 Å². The molecule has 1 saturated heterocycles. The molecular formula is C20H19FN2O5S3. The Kier molecular flexibility index (Phi) is 6.02. The zero-order chi connectivity index (χ0) is 22.1. The summed E-state index contributed by atoms with van der Waals surface area (Å²) in [6.45, 7) is 2.38. The predicted octanol–water partition coefficient (Wildman–Crippen LogP) is 3.36. The zero-order valence-corrected chi connectivity index (χ0v) is 18.6. The fourth-order valence-electron chi connectivity index (χ4n) is 3.16. The third kappa shape index (κ3) is 4.59. The van der Waals surface area contributed by atoms with E-state index in [1.807, 2.05) is 17.0 Å². The topological polar surface area (TPSA) is 92.8 Å². The minimum absolute atomic E-state index is 0.106. The Morgan fingerprint density at radius 3 is 2.23 bits per heavy atom. The monoisotopic (exact) mass is 482 g/mol. The highest BCUT2D eigenvalue weighted by Gasteiger charge is 2.25. The molecule has 2 aromatic carbocycles. The van der Waals surface area contributed by atoms with Crippen molar-refractivity contribution >= 4 is 42.6 Å². The summed E-state index contributed by atoms with van der Waals surface area (Å²) in [5.74, 6) is -0.559. The minimum atomic E-state index is -4.02. The Balaban J connectivity index is 1.61. The maximum Gasteiger partial charge on any atom is 0.271 e. The van der Waals surface area contributed by atoms with E-state index in [1.54, 1.807) is 12.1 Å². The third-order valence-corrected chi connectivity index (χ3v) is 9.91. The first-order chi connectivity index (χ1) is 14.8. The number of morpholine rings is 1. The number of thiophene rings is 1. The van der Waals surface area contributed by atoms with Crippen LogP contribution in [0.5, 0.6) is 0 Å². The van der Waals surface area contributed by atoms with E-state index in [4.69, 9.17) is 4.74 Å². The normalized spacial score (nSPS) is 15.1. The quantitative estimate of drug-likeness (QED) is 0.542. The second-order valence-electron chi connectivity index (χ2n) is 6.75. The average Bonchev–Trinajstić information content (AvgIpc) is 3.27. The van der Waals surface area contributed by atoms with E-state index in [0.29, 0.717) is 43.3 Å². The molecule has 0 aliphatic carbocycles. The number of hydrogen-bond acceptors (Lipinski definition) is 7. The molecule has 164 valence electrons. The molecule has 1 aromatic heterocycles. The molecule has 0 saturated carbocycles. The Bertz CT molecular complexity index is 1280. The van der Waals surface area contributed by atoms with E-state index in [9.17, 15) is 21.2 Å². The fraction of sp³-hybridized carbons (Fsp3) is 0.200. The molecule has 11 heteroatoms. The van der Waals surface area contributed by atoms with Gasteiger partial charge < -0.3 is 9.64 Å². The van der Waals surface area contributed by atoms with Gasteiger partial charge in [-0.15, -0.1) is 11.3 Å². The first-order valence-electron chi connectivity index (χ1n) is 9.32. The summed E-state index contributed by atoms with van der Waals surface area (Å²) in [5.41, 5.74) is 1.13. The van der Waals surface area contributed by atoms with Gasteiger partial charge in [-0.25, -0.2) is 21.2 Å². The van der Waals surface area contributed by atoms with Crippen molar-refractivity contribution in [2.45, 2.75) is 13.3 Å². The lowest BCUT2D eigenvalue weighted by Crippen LogP contribution is -2.36. The highest BCUT2D eigenvalue weighted by atomic mass is 32.3. The number of anilines is 2. The Morgan fingerprint density at radius 1 is 0.871 bits per heavy atom. The van der Waals surface area contributed by atoms with Gasteiger partial charge in [0, 0.05) is 13.1 Å². The number of benzene rings is 2. The van der Waals surface area contributed by atoms with Crippen LogP contribution >= 0.6 is 11.3 Å². The van der Waals surface area contributed by atoms with E-state index in [2.05, 4.69) is 4.72 Å². The van der Waals surface area contributed by atoms with Gasteiger partial charge in [0.1, 0.15) is 14.2 Å². The zero-order valence-electron chi connectivity index (χ0n) is 16.2. The van der Waals surface area contributed by atoms with E-state index in [0.717, 1.165) is 30.0 Å². The molecule has 2 heterocycles. The summed E-state index contributed by atoms with van der Waals surface area (Å²) in [6, 6.07) is 13.9. The van der Waals surface area contributed by atoms with Crippen LogP contribution in [0.15, 0.2) is 74.0 Å². The van der Waals surface area contributed by atoms with E-state index in [-0.39, 0.29) is 13.3 Å². The van der Waals surface area contributed by atoms with Crippen LogP contribution in [-0.2, 0) is 24.6 Å². The van der Waals surface area contributed by atoms with E-state index in [1.165, 1.54) is 12.1 Å². The summed E-state index contributed by atoms with van der Waals surface area (Å²) in [7, 11) is -7.97. The molecule has 1 N–H and O–H groups in total. The van der Waals surface area contributed by atoms with Crippen LogP contribution in [0.3, 0.4) is 0 Å². The maximum absolute atomic E-state index is 13.1. The molecule has 1 aliphatic rings. The van der Waals surface area contributed by atoms with Crippen molar-refractivity contribution in [1.29, 1.82) is 0 Å². The minimum Gasteiger partial charge on any atom is -0.378 e. The van der Waals surface area contributed by atoms with Crippen LogP contribution in [-0.4, -0.2) is 43.1 Å². The molecule has 4 rings (SSSR count). The van der Waals surface area contributed by atoms with Gasteiger partial charge in [-0.05, 0) is 48.5 Å². The van der Waals surface area contributed by atoms with Gasteiger partial charge in [0.2, 0.25) is 9.84 Å². The number of ether oxygens (including phenoxy) is 1. The second-order valence-corrected chi connectivity index (χ2v) is 11.9. The first kappa shape index (κ1) is 21.8. The van der Waals surface area contributed by atoms with Crippen molar-refractivity contribution in [3.8, 4) is 0 Å². The number of para-hydroxylation sites is 2. The highest BCUT2D eigenvalue weighted by molar-refractivity contribution is 7.96. The van der Waals surface area contributed by atoms with Crippen molar-refractivity contribution < 1.29 is 26.0 Å². The average molecular weight is 483 g/mol. The number of nitrogens with zero attached hydrogens (tertiary/aromatic N) is 1. The molecule has 0 bridgehead atoms. The van der Waals surface area contributed by atoms with Crippen molar-refractivity contribution in [1.82, 2.24) is 0 Å². The lowest BCUT2D eigenvalue weighted by atomic mass is 10.2. The second kappa shape index (κ2) is 8.58. The summed E-state index contributed by atoms with van der Waals surface area (Å²) >= 11 is 0.641. The number of hydrogen-bond donors (Lipinski definition) is 1. The predicted molar refractivity (Wildman–Crippen MR) is 116 cm³/mol. The largest absolute Gasteiger partial charge is 0.378 e. The Hall–Kier alpha value is -2.47. The number of sulfone groups is 1. The number of rotatable bonds is 6. The van der Waals surface area contributed by atoms with Gasteiger partial charge >= 0.3 is 0 Å². The molecule has 3 aromatic rings. The standard InChI is InChI=1S/C20H19FN2O5S3/c21-15-5-7-16(8-6-15)30(24,25)19-9-10-20(29-19)31(26,27)22-17-3-1-2-4-18(17)23-11-13-28-14-12-23/h1-10,22H,11-14H2. The molecule has 1 fully saturated rings. The van der Waals surface area contributed by atoms with Crippen LogP contribution < -0.4 is 9.62 Å². The van der Waals surface area contributed by atoms with Gasteiger partial charge in [-0.1, -0.05) is 12.1 Å². The van der Waals surface area contributed by atoms with E-state index >= 15 is 0 Å². The lowest BCUT2D eigenvalue weighted by molar-refractivity contribution is 0.123. The number of sulfonamides is 1. The maximum atomic E-state index is 13.1. The molecule has 31 heavy (non-hydrogen) atoms. The number of halogens is 1. The molecule has 7 nitrogen and oxygen atoms in total. The summed E-state index contributed by atoms with van der Waals surface area (Å²) in [5, 5.41) is 0. The summed E-state index contributed by atoms with van der Waals surface area (Å²) < 4.78 is 72.2. The Labute approximate surface area is 184 Å². The van der Waals surface area contributed by atoms with Gasteiger partial charge in [0.15, 0.2) is 0 Å². The molecule has 0 radical (unpaired) electrons. The molecule has 1 aliphatic heterocycles. The van der Waals surface area contributed by atoms with Crippen molar-refractivity contribution in [3.05, 3.63) is 66.5 Å². The van der Waals surface area contributed by atoms with Crippen LogP contribution in [0, 0.1) is 5.82 Å².